The van der Waals surface area contributed by atoms with Crippen molar-refractivity contribution < 1.29 is 33.1 Å². The van der Waals surface area contributed by atoms with Crippen molar-refractivity contribution in [2.45, 2.75) is 64.6 Å². The molecule has 0 aromatic heterocycles. The van der Waals surface area contributed by atoms with Crippen molar-refractivity contribution in [3.63, 3.8) is 0 Å². The maximum atomic E-state index is 13.2. The van der Waals surface area contributed by atoms with E-state index in [1.54, 1.807) is 6.92 Å². The maximum Gasteiger partial charge on any atom is 0.407 e. The number of ether oxygens (including phenoxy) is 3. The van der Waals surface area contributed by atoms with Crippen LogP contribution in [-0.4, -0.2) is 75.4 Å². The Balaban J connectivity index is 1.23. The summed E-state index contributed by atoms with van der Waals surface area (Å²) in [4.78, 5) is 38.9. The van der Waals surface area contributed by atoms with Crippen LogP contribution in [0.1, 0.15) is 62.6 Å². The Morgan fingerprint density at radius 2 is 1.40 bits per heavy atom. The van der Waals surface area contributed by atoms with Crippen LogP contribution in [0, 0.1) is 5.92 Å². The minimum Gasteiger partial charge on any atom is -0.494 e. The highest BCUT2D eigenvalue weighted by Crippen LogP contribution is 2.44. The number of hydrogen-bond donors (Lipinski definition) is 2. The number of amides is 2. The van der Waals surface area contributed by atoms with Gasteiger partial charge in [-0.2, -0.15) is 0 Å². The summed E-state index contributed by atoms with van der Waals surface area (Å²) in [6, 6.07) is 21.9. The van der Waals surface area contributed by atoms with Gasteiger partial charge in [0, 0.05) is 5.92 Å². The van der Waals surface area contributed by atoms with E-state index in [1.165, 1.54) is 0 Å². The van der Waals surface area contributed by atoms with Gasteiger partial charge in [-0.3, -0.25) is 4.79 Å². The highest BCUT2D eigenvalue weighted by Gasteiger charge is 2.30. The second-order valence-corrected chi connectivity index (χ2v) is 13.7. The molecule has 4 rings (SSSR count). The van der Waals surface area contributed by atoms with Crippen LogP contribution in [0.25, 0.3) is 11.1 Å². The molecule has 0 aliphatic heterocycles. The van der Waals surface area contributed by atoms with Crippen molar-refractivity contribution in [2.75, 3.05) is 40.9 Å². The van der Waals surface area contributed by atoms with Gasteiger partial charge in [0.25, 0.3) is 0 Å². The summed E-state index contributed by atoms with van der Waals surface area (Å²) in [5.41, 5.74) is 5.30. The maximum absolute atomic E-state index is 13.2. The molecule has 2 N–H and O–H groups in total. The number of rotatable bonds is 16. The molecule has 0 bridgehead atoms. The molecule has 0 saturated carbocycles. The molecule has 0 spiro atoms. The quantitative estimate of drug-likeness (QED) is 0.112. The second kappa shape index (κ2) is 16.5. The summed E-state index contributed by atoms with van der Waals surface area (Å²) >= 11 is 0. The number of unbranched alkanes of at least 4 members (excludes halogenated alkanes) is 1. The number of alkyl carbamates (subject to hydrolysis) is 1. The lowest BCUT2D eigenvalue weighted by Crippen LogP contribution is -2.51. The number of carbonyl (C=O) groups excluding carboxylic acids is 3. The summed E-state index contributed by atoms with van der Waals surface area (Å²) in [6.45, 7) is 7.44. The Labute approximate surface area is 279 Å². The first kappa shape index (κ1) is 35.5. The van der Waals surface area contributed by atoms with E-state index in [4.69, 9.17) is 14.2 Å². The van der Waals surface area contributed by atoms with Gasteiger partial charge in [0.05, 0.1) is 34.3 Å². The standard InChI is InChI=1S/C38H49N3O6/c1-26(2)23-35(40-38(44)47-25-34-32-15-9-7-13-30(32)31-14-8-10-16-33(31)34)36(42)39-27(3)37(43)46-24-28-17-19-29(20-18-28)45-22-12-11-21-41(4,5)6/h7-10,13-20,26-27,34-35H,11-12,21-25H2,1-6H3,(H-,39,40,42,44)/p+1. The predicted octanol–water partition coefficient (Wildman–Crippen LogP) is 6.05. The molecule has 0 heterocycles. The number of carbonyl (C=O) groups is 3. The lowest BCUT2D eigenvalue weighted by atomic mass is 9.98. The zero-order chi connectivity index (χ0) is 34.0. The Morgan fingerprint density at radius 1 is 0.787 bits per heavy atom. The van der Waals surface area contributed by atoms with Crippen LogP contribution in [0.4, 0.5) is 4.79 Å². The van der Waals surface area contributed by atoms with Crippen molar-refractivity contribution in [2.24, 2.45) is 5.92 Å². The second-order valence-electron chi connectivity index (χ2n) is 13.7. The van der Waals surface area contributed by atoms with Gasteiger partial charge >= 0.3 is 12.1 Å². The van der Waals surface area contributed by atoms with E-state index in [9.17, 15) is 14.4 Å². The molecular weight excluding hydrogens is 594 g/mol. The van der Waals surface area contributed by atoms with Crippen molar-refractivity contribution in [3.8, 4) is 16.9 Å². The molecule has 1 aliphatic carbocycles. The van der Waals surface area contributed by atoms with Crippen LogP contribution in [0.5, 0.6) is 5.75 Å². The molecule has 3 aromatic carbocycles. The van der Waals surface area contributed by atoms with Gasteiger partial charge in [-0.15, -0.1) is 0 Å². The van der Waals surface area contributed by atoms with Crippen LogP contribution in [0.3, 0.4) is 0 Å². The first-order valence-corrected chi connectivity index (χ1v) is 16.5. The molecule has 9 heteroatoms. The Hall–Kier alpha value is -4.37. The number of esters is 1. The number of nitrogens with one attached hydrogen (secondary N) is 2. The number of benzene rings is 3. The number of quaternary nitrogens is 1. The lowest BCUT2D eigenvalue weighted by molar-refractivity contribution is -0.870. The van der Waals surface area contributed by atoms with Crippen LogP contribution in [0.15, 0.2) is 72.8 Å². The van der Waals surface area contributed by atoms with Crippen molar-refractivity contribution in [1.29, 1.82) is 0 Å². The largest absolute Gasteiger partial charge is 0.494 e. The molecule has 0 fully saturated rings. The minimum atomic E-state index is -0.907. The highest BCUT2D eigenvalue weighted by molar-refractivity contribution is 5.89. The van der Waals surface area contributed by atoms with E-state index in [0.717, 1.165) is 57.4 Å². The van der Waals surface area contributed by atoms with E-state index < -0.39 is 30.1 Å². The molecule has 47 heavy (non-hydrogen) atoms. The van der Waals surface area contributed by atoms with Crippen molar-refractivity contribution in [3.05, 3.63) is 89.5 Å². The molecule has 9 nitrogen and oxygen atoms in total. The summed E-state index contributed by atoms with van der Waals surface area (Å²) in [5.74, 6) is -0.255. The number of fused-ring (bicyclic) bond motifs is 3. The topological polar surface area (TPSA) is 103 Å². The first-order valence-electron chi connectivity index (χ1n) is 16.5. The van der Waals surface area contributed by atoms with Crippen LogP contribution >= 0.6 is 0 Å². The predicted molar refractivity (Wildman–Crippen MR) is 183 cm³/mol. The first-order chi connectivity index (χ1) is 22.4. The Bertz CT molecular complexity index is 1450. The van der Waals surface area contributed by atoms with E-state index in [0.29, 0.717) is 13.0 Å². The third-order valence-corrected chi connectivity index (χ3v) is 8.17. The normalized spacial score (nSPS) is 13.7. The van der Waals surface area contributed by atoms with Crippen LogP contribution < -0.4 is 15.4 Å². The molecular formula is C38H50N3O6+. The molecule has 0 saturated heterocycles. The summed E-state index contributed by atoms with van der Waals surface area (Å²) in [7, 11) is 6.53. The third kappa shape index (κ3) is 10.6. The van der Waals surface area contributed by atoms with E-state index in [-0.39, 0.29) is 25.0 Å². The van der Waals surface area contributed by atoms with Crippen LogP contribution in [0.2, 0.25) is 0 Å². The molecule has 252 valence electrons. The summed E-state index contributed by atoms with van der Waals surface area (Å²) in [5, 5.41) is 5.41. The molecule has 1 aliphatic rings. The fourth-order valence-electron chi connectivity index (χ4n) is 5.70. The molecule has 3 aromatic rings. The Kier molecular flexibility index (Phi) is 12.4. The zero-order valence-corrected chi connectivity index (χ0v) is 28.6. The number of nitrogens with zero attached hydrogens (tertiary/aromatic N) is 1. The average molecular weight is 645 g/mol. The third-order valence-electron chi connectivity index (χ3n) is 8.17. The lowest BCUT2D eigenvalue weighted by Gasteiger charge is -2.23. The summed E-state index contributed by atoms with van der Waals surface area (Å²) in [6.07, 6.45) is 1.77. The fourth-order valence-corrected chi connectivity index (χ4v) is 5.70. The fraction of sp³-hybridized carbons (Fsp3) is 0.447. The van der Waals surface area contributed by atoms with Gasteiger partial charge < -0.3 is 29.3 Å². The molecule has 2 atom stereocenters. The molecule has 2 amide bonds. The molecule has 2 unspecified atom stereocenters. The van der Waals surface area contributed by atoms with Gasteiger partial charge in [-0.1, -0.05) is 74.5 Å². The smallest absolute Gasteiger partial charge is 0.407 e. The SMILES string of the molecule is CC(C)CC(NC(=O)OCC1c2ccccc2-c2ccccc21)C(=O)NC(C)C(=O)OCc1ccc(OCCCC[N+](C)(C)C)cc1. The van der Waals surface area contributed by atoms with E-state index in [2.05, 4.69) is 56.0 Å². The van der Waals surface area contributed by atoms with Crippen molar-refractivity contribution in [1.82, 2.24) is 10.6 Å². The van der Waals surface area contributed by atoms with Gasteiger partial charge in [0.2, 0.25) is 5.91 Å². The highest BCUT2D eigenvalue weighted by atomic mass is 16.5. The van der Waals surface area contributed by atoms with E-state index in [1.807, 2.05) is 62.4 Å². The van der Waals surface area contributed by atoms with Gasteiger partial charge in [-0.25, -0.2) is 9.59 Å². The van der Waals surface area contributed by atoms with Gasteiger partial charge in [0.15, 0.2) is 0 Å². The number of hydrogen-bond acceptors (Lipinski definition) is 6. The van der Waals surface area contributed by atoms with Gasteiger partial charge in [-0.05, 0) is 72.1 Å². The summed E-state index contributed by atoms with van der Waals surface area (Å²) < 4.78 is 17.9. The van der Waals surface area contributed by atoms with Crippen LogP contribution in [-0.2, 0) is 25.7 Å². The van der Waals surface area contributed by atoms with E-state index >= 15 is 0 Å². The monoisotopic (exact) mass is 644 g/mol. The van der Waals surface area contributed by atoms with Gasteiger partial charge in [0.1, 0.15) is 31.0 Å². The Morgan fingerprint density at radius 3 is 2.00 bits per heavy atom. The zero-order valence-electron chi connectivity index (χ0n) is 28.6. The van der Waals surface area contributed by atoms with Crippen molar-refractivity contribution >= 4 is 18.0 Å². The average Bonchev–Trinajstić information content (AvgIpc) is 3.35. The molecule has 0 radical (unpaired) electrons. The minimum absolute atomic E-state index is 0.0657.